The SMILES string of the molecule is Cc1c(O)c(O)cc2c3c(oc12)C(OC(F)(F)F)CC[C@@H]1C(C)(C)CCC[C@@]31C. The number of hydrogen-bond acceptors (Lipinski definition) is 4. The molecule has 0 radical (unpaired) electrons. The summed E-state index contributed by atoms with van der Waals surface area (Å²) < 4.78 is 50.1. The van der Waals surface area contributed by atoms with Crippen LogP contribution in [-0.2, 0) is 10.2 Å². The fraction of sp³-hybridized carbons (Fsp3) is 0.636. The first kappa shape index (κ1) is 20.4. The van der Waals surface area contributed by atoms with Crippen molar-refractivity contribution in [3.63, 3.8) is 0 Å². The van der Waals surface area contributed by atoms with E-state index in [-0.39, 0.29) is 35.0 Å². The molecule has 1 unspecified atom stereocenters. The topological polar surface area (TPSA) is 62.8 Å². The molecule has 4 rings (SSSR count). The molecule has 2 N–H and O–H groups in total. The first-order chi connectivity index (χ1) is 13.3. The maximum Gasteiger partial charge on any atom is 0.523 e. The Hall–Kier alpha value is -1.89. The Kier molecular flexibility index (Phi) is 4.43. The molecule has 1 fully saturated rings. The Morgan fingerprint density at radius 1 is 1.14 bits per heavy atom. The normalized spacial score (nSPS) is 29.3. The predicted molar refractivity (Wildman–Crippen MR) is 102 cm³/mol. The fourth-order valence-corrected chi connectivity index (χ4v) is 6.05. The maximum absolute atomic E-state index is 13.2. The third kappa shape index (κ3) is 3.09. The van der Waals surface area contributed by atoms with Gasteiger partial charge in [-0.2, -0.15) is 0 Å². The van der Waals surface area contributed by atoms with Gasteiger partial charge in [-0.05, 0) is 55.4 Å². The average molecular weight is 412 g/mol. The fourth-order valence-electron chi connectivity index (χ4n) is 6.05. The smallest absolute Gasteiger partial charge is 0.504 e. The van der Waals surface area contributed by atoms with Crippen LogP contribution in [0.2, 0.25) is 0 Å². The summed E-state index contributed by atoms with van der Waals surface area (Å²) in [7, 11) is 0. The lowest BCUT2D eigenvalue weighted by molar-refractivity contribution is -0.347. The second kappa shape index (κ2) is 6.30. The van der Waals surface area contributed by atoms with Gasteiger partial charge in [0.25, 0.3) is 0 Å². The van der Waals surface area contributed by atoms with Crippen molar-refractivity contribution in [1.29, 1.82) is 0 Å². The summed E-state index contributed by atoms with van der Waals surface area (Å²) in [6, 6.07) is 1.42. The quantitative estimate of drug-likeness (QED) is 0.518. The molecule has 0 saturated heterocycles. The number of fused-ring (bicyclic) bond motifs is 5. The second-order valence-corrected chi connectivity index (χ2v) is 9.53. The number of benzene rings is 1. The van der Waals surface area contributed by atoms with Crippen LogP contribution in [0.3, 0.4) is 0 Å². The summed E-state index contributed by atoms with van der Waals surface area (Å²) in [5.74, 6) is -0.304. The van der Waals surface area contributed by atoms with E-state index in [2.05, 4.69) is 25.5 Å². The molecule has 1 aromatic carbocycles. The third-order valence-corrected chi connectivity index (χ3v) is 7.28. The van der Waals surface area contributed by atoms with E-state index < -0.39 is 17.9 Å². The van der Waals surface area contributed by atoms with Crippen molar-refractivity contribution in [3.05, 3.63) is 23.0 Å². The molecular weight excluding hydrogens is 385 g/mol. The zero-order valence-corrected chi connectivity index (χ0v) is 17.1. The molecule has 0 bridgehead atoms. The van der Waals surface area contributed by atoms with Crippen LogP contribution in [0.15, 0.2) is 10.5 Å². The van der Waals surface area contributed by atoms with E-state index in [1.54, 1.807) is 6.92 Å². The van der Waals surface area contributed by atoms with Gasteiger partial charge in [-0.3, -0.25) is 4.74 Å². The molecule has 29 heavy (non-hydrogen) atoms. The Balaban J connectivity index is 2.03. The van der Waals surface area contributed by atoms with E-state index >= 15 is 0 Å². The lowest BCUT2D eigenvalue weighted by atomic mass is 9.53. The van der Waals surface area contributed by atoms with Gasteiger partial charge in [0, 0.05) is 16.5 Å². The van der Waals surface area contributed by atoms with Crippen LogP contribution in [0.4, 0.5) is 13.2 Å². The van der Waals surface area contributed by atoms with Crippen LogP contribution in [0, 0.1) is 18.3 Å². The van der Waals surface area contributed by atoms with Crippen molar-refractivity contribution in [1.82, 2.24) is 0 Å². The lowest BCUT2D eigenvalue weighted by Crippen LogP contribution is -2.44. The largest absolute Gasteiger partial charge is 0.523 e. The molecule has 0 spiro atoms. The lowest BCUT2D eigenvalue weighted by Gasteiger charge is -2.50. The van der Waals surface area contributed by atoms with Crippen molar-refractivity contribution in [2.24, 2.45) is 11.3 Å². The van der Waals surface area contributed by atoms with Gasteiger partial charge in [0.1, 0.15) is 17.4 Å². The van der Waals surface area contributed by atoms with Crippen molar-refractivity contribution in [2.75, 3.05) is 0 Å². The Morgan fingerprint density at radius 3 is 2.48 bits per heavy atom. The number of hydrogen-bond donors (Lipinski definition) is 2. The van der Waals surface area contributed by atoms with Gasteiger partial charge >= 0.3 is 6.36 Å². The predicted octanol–water partition coefficient (Wildman–Crippen LogP) is 6.61. The van der Waals surface area contributed by atoms with E-state index in [1.165, 1.54) is 6.07 Å². The van der Waals surface area contributed by atoms with Crippen molar-refractivity contribution in [2.45, 2.75) is 77.7 Å². The molecule has 3 atom stereocenters. The van der Waals surface area contributed by atoms with Crippen molar-refractivity contribution in [3.8, 4) is 11.5 Å². The van der Waals surface area contributed by atoms with E-state index in [9.17, 15) is 23.4 Å². The minimum Gasteiger partial charge on any atom is -0.504 e. The molecule has 1 heterocycles. The van der Waals surface area contributed by atoms with E-state index in [0.29, 0.717) is 28.5 Å². The number of furan rings is 1. The first-order valence-corrected chi connectivity index (χ1v) is 10.1. The Morgan fingerprint density at radius 2 is 1.83 bits per heavy atom. The number of ether oxygens (including phenoxy) is 1. The van der Waals surface area contributed by atoms with Crippen LogP contribution in [0.25, 0.3) is 11.0 Å². The van der Waals surface area contributed by atoms with E-state index in [0.717, 1.165) is 19.3 Å². The summed E-state index contributed by atoms with van der Waals surface area (Å²) >= 11 is 0. The summed E-state index contributed by atoms with van der Waals surface area (Å²) in [5, 5.41) is 20.9. The number of halogens is 3. The molecule has 0 amide bonds. The van der Waals surface area contributed by atoms with Gasteiger partial charge in [-0.15, -0.1) is 13.2 Å². The zero-order chi connectivity index (χ0) is 21.4. The van der Waals surface area contributed by atoms with E-state index in [1.807, 2.05) is 0 Å². The highest BCUT2D eigenvalue weighted by Crippen LogP contribution is 2.60. The highest BCUT2D eigenvalue weighted by atomic mass is 19.4. The number of aromatic hydroxyl groups is 2. The highest BCUT2D eigenvalue weighted by molar-refractivity contribution is 5.90. The molecule has 7 heteroatoms. The van der Waals surface area contributed by atoms with Gasteiger partial charge in [-0.1, -0.05) is 27.2 Å². The van der Waals surface area contributed by atoms with Crippen LogP contribution in [0.1, 0.15) is 75.9 Å². The average Bonchev–Trinajstić information content (AvgIpc) is 2.91. The van der Waals surface area contributed by atoms with Crippen LogP contribution >= 0.6 is 0 Å². The first-order valence-electron chi connectivity index (χ1n) is 10.1. The Bertz CT molecular complexity index is 959. The molecule has 2 aliphatic carbocycles. The molecule has 2 aromatic rings. The standard InChI is InChI=1S/C22H27F3O4/c1-11-17(27)13(26)10-12-16-19(28-18(11)12)14(29-22(23,24)25)6-7-15-20(2,3)8-5-9-21(15,16)4/h10,14-15,26-27H,5-9H2,1-4H3/t14?,15-,21-/m1/s1. The number of phenolic OH excluding ortho intramolecular Hbond substituents is 2. The summed E-state index contributed by atoms with van der Waals surface area (Å²) in [6.07, 6.45) is -2.45. The van der Waals surface area contributed by atoms with Crippen LogP contribution in [-0.4, -0.2) is 16.6 Å². The van der Waals surface area contributed by atoms with Gasteiger partial charge < -0.3 is 14.6 Å². The minimum atomic E-state index is -4.79. The monoisotopic (exact) mass is 412 g/mol. The number of rotatable bonds is 1. The maximum atomic E-state index is 13.2. The molecular formula is C22H27F3O4. The summed E-state index contributed by atoms with van der Waals surface area (Å²) in [4.78, 5) is 0. The Labute approximate surface area is 167 Å². The van der Waals surface area contributed by atoms with Crippen molar-refractivity contribution < 1.29 is 32.5 Å². The van der Waals surface area contributed by atoms with Crippen molar-refractivity contribution >= 4 is 11.0 Å². The van der Waals surface area contributed by atoms with Crippen LogP contribution in [0.5, 0.6) is 11.5 Å². The summed E-state index contributed by atoms with van der Waals surface area (Å²) in [6.45, 7) is 8.04. The molecule has 1 saturated carbocycles. The molecule has 4 nitrogen and oxygen atoms in total. The van der Waals surface area contributed by atoms with Crippen LogP contribution < -0.4 is 0 Å². The van der Waals surface area contributed by atoms with E-state index in [4.69, 9.17) is 4.42 Å². The zero-order valence-electron chi connectivity index (χ0n) is 17.1. The molecule has 1 aromatic heterocycles. The van der Waals surface area contributed by atoms with Gasteiger partial charge in [-0.25, -0.2) is 0 Å². The minimum absolute atomic E-state index is 0.0466. The number of aryl methyl sites for hydroxylation is 1. The summed E-state index contributed by atoms with van der Waals surface area (Å²) in [5.41, 5.74) is 0.854. The molecule has 160 valence electrons. The van der Waals surface area contributed by atoms with Gasteiger partial charge in [0.05, 0.1) is 0 Å². The third-order valence-electron chi connectivity index (χ3n) is 7.28. The second-order valence-electron chi connectivity index (χ2n) is 9.53. The highest BCUT2D eigenvalue weighted by Gasteiger charge is 2.53. The van der Waals surface area contributed by atoms with Gasteiger partial charge in [0.2, 0.25) is 0 Å². The molecule has 0 aliphatic heterocycles. The van der Waals surface area contributed by atoms with Gasteiger partial charge in [0.15, 0.2) is 11.5 Å². The molecule has 2 aliphatic rings. The number of phenols is 2. The number of alkyl halides is 3.